The predicted molar refractivity (Wildman–Crippen MR) is 134 cm³/mol. The van der Waals surface area contributed by atoms with Crippen LogP contribution in [-0.2, 0) is 24.1 Å². The lowest BCUT2D eigenvalue weighted by Gasteiger charge is -2.31. The predicted octanol–water partition coefficient (Wildman–Crippen LogP) is 3.39. The summed E-state index contributed by atoms with van der Waals surface area (Å²) in [6.07, 6.45) is 3.23. The quantitative estimate of drug-likeness (QED) is 0.515. The van der Waals surface area contributed by atoms with E-state index in [1.54, 1.807) is 28.4 Å². The van der Waals surface area contributed by atoms with Crippen molar-refractivity contribution in [1.29, 1.82) is 0 Å². The van der Waals surface area contributed by atoms with Crippen LogP contribution >= 0.6 is 12.4 Å². The number of hydrogen-bond donors (Lipinski definition) is 1. The highest BCUT2D eigenvalue weighted by atomic mass is 35.5. The molecule has 2 aromatic carbocycles. The van der Waals surface area contributed by atoms with Crippen LogP contribution in [0, 0.1) is 0 Å². The largest absolute Gasteiger partial charge is 0.493 e. The van der Waals surface area contributed by atoms with Crippen molar-refractivity contribution in [2.45, 2.75) is 31.6 Å². The monoisotopic (exact) mass is 490 g/mol. The molecule has 2 aromatic rings. The Hall–Kier alpha value is -2.64. The van der Waals surface area contributed by atoms with E-state index in [9.17, 15) is 4.79 Å². The molecule has 0 saturated heterocycles. The number of nitrogens with zero attached hydrogens (tertiary/aromatic N) is 1. The Morgan fingerprint density at radius 1 is 0.882 bits per heavy atom. The molecule has 0 radical (unpaired) electrons. The number of halogens is 1. The fraction of sp³-hybridized carbons (Fsp3) is 0.500. The van der Waals surface area contributed by atoms with Crippen molar-refractivity contribution < 1.29 is 23.7 Å². The molecule has 0 saturated carbocycles. The second-order valence-corrected chi connectivity index (χ2v) is 8.65. The molecule has 8 heteroatoms. The number of ether oxygens (including phenoxy) is 4. The first-order valence-corrected chi connectivity index (χ1v) is 11.5. The van der Waals surface area contributed by atoms with Crippen LogP contribution in [0.15, 0.2) is 24.3 Å². The first-order valence-electron chi connectivity index (χ1n) is 11.5. The van der Waals surface area contributed by atoms with E-state index in [1.165, 1.54) is 11.1 Å². The van der Waals surface area contributed by atoms with Gasteiger partial charge < -0.3 is 29.2 Å². The van der Waals surface area contributed by atoms with Crippen molar-refractivity contribution in [3.8, 4) is 23.0 Å². The SMILES string of the molecule is COc1cc2c(cc1OC)CC(=O)N(CCCNCC1Cc3cc(OC)c(OC)cc31)CC2.Cl. The number of nitrogens with one attached hydrogen (secondary N) is 1. The van der Waals surface area contributed by atoms with Gasteiger partial charge in [0, 0.05) is 25.6 Å². The third-order valence-electron chi connectivity index (χ3n) is 6.78. The summed E-state index contributed by atoms with van der Waals surface area (Å²) in [7, 11) is 6.60. The molecule has 0 bridgehead atoms. The maximum atomic E-state index is 12.8. The van der Waals surface area contributed by atoms with Gasteiger partial charge in [0.2, 0.25) is 5.91 Å². The van der Waals surface area contributed by atoms with Crippen molar-refractivity contribution in [3.05, 3.63) is 46.5 Å². The third-order valence-corrected chi connectivity index (χ3v) is 6.78. The van der Waals surface area contributed by atoms with Crippen LogP contribution in [0.25, 0.3) is 0 Å². The molecule has 34 heavy (non-hydrogen) atoms. The lowest BCUT2D eigenvalue weighted by molar-refractivity contribution is -0.130. The number of fused-ring (bicyclic) bond motifs is 2. The molecule has 1 amide bonds. The van der Waals surface area contributed by atoms with Gasteiger partial charge in [0.25, 0.3) is 0 Å². The summed E-state index contributed by atoms with van der Waals surface area (Å²) in [5.41, 5.74) is 4.88. The van der Waals surface area contributed by atoms with Crippen molar-refractivity contribution >= 4 is 18.3 Å². The van der Waals surface area contributed by atoms with E-state index in [0.717, 1.165) is 73.8 Å². The highest BCUT2D eigenvalue weighted by Gasteiger charge is 2.28. The second kappa shape index (κ2) is 11.7. The smallest absolute Gasteiger partial charge is 0.227 e. The Labute approximate surface area is 208 Å². The minimum atomic E-state index is 0. The average molecular weight is 491 g/mol. The van der Waals surface area contributed by atoms with Gasteiger partial charge in [0.1, 0.15) is 0 Å². The Morgan fingerprint density at radius 2 is 1.47 bits per heavy atom. The van der Waals surface area contributed by atoms with E-state index in [2.05, 4.69) is 17.4 Å². The summed E-state index contributed by atoms with van der Waals surface area (Å²) in [6, 6.07) is 8.13. The number of rotatable bonds is 10. The van der Waals surface area contributed by atoms with E-state index >= 15 is 0 Å². The molecule has 1 N–H and O–H groups in total. The Morgan fingerprint density at radius 3 is 2.12 bits per heavy atom. The molecule has 0 aromatic heterocycles. The lowest BCUT2D eigenvalue weighted by Crippen LogP contribution is -2.35. The van der Waals surface area contributed by atoms with Crippen molar-refractivity contribution in [2.75, 3.05) is 54.6 Å². The van der Waals surface area contributed by atoms with Crippen LogP contribution in [0.5, 0.6) is 23.0 Å². The number of carbonyl (C=O) groups excluding carboxylic acids is 1. The van der Waals surface area contributed by atoms with Gasteiger partial charge in [-0.2, -0.15) is 0 Å². The van der Waals surface area contributed by atoms with Gasteiger partial charge in [-0.05, 0) is 72.3 Å². The first-order chi connectivity index (χ1) is 16.1. The van der Waals surface area contributed by atoms with Crippen LogP contribution in [0.1, 0.15) is 34.6 Å². The van der Waals surface area contributed by atoms with Crippen LogP contribution in [0.2, 0.25) is 0 Å². The molecule has 186 valence electrons. The molecule has 1 heterocycles. The van der Waals surface area contributed by atoms with Gasteiger partial charge >= 0.3 is 0 Å². The van der Waals surface area contributed by atoms with E-state index in [1.807, 2.05) is 17.0 Å². The van der Waals surface area contributed by atoms with Gasteiger partial charge in [-0.15, -0.1) is 12.4 Å². The molecular formula is C26H35ClN2O5. The molecule has 4 rings (SSSR count). The molecular weight excluding hydrogens is 456 g/mol. The van der Waals surface area contributed by atoms with Gasteiger partial charge in [-0.1, -0.05) is 0 Å². The first kappa shape index (κ1) is 26.0. The van der Waals surface area contributed by atoms with Gasteiger partial charge in [-0.25, -0.2) is 0 Å². The molecule has 1 aliphatic carbocycles. The van der Waals surface area contributed by atoms with E-state index < -0.39 is 0 Å². The van der Waals surface area contributed by atoms with Crippen LogP contribution in [0.4, 0.5) is 0 Å². The highest BCUT2D eigenvalue weighted by molar-refractivity contribution is 5.85. The number of benzene rings is 2. The zero-order valence-corrected chi connectivity index (χ0v) is 21.3. The summed E-state index contributed by atoms with van der Waals surface area (Å²) in [5, 5.41) is 3.57. The summed E-state index contributed by atoms with van der Waals surface area (Å²) in [6.45, 7) is 3.32. The molecule has 7 nitrogen and oxygen atoms in total. The number of hydrogen-bond acceptors (Lipinski definition) is 6. The summed E-state index contributed by atoms with van der Waals surface area (Å²) in [4.78, 5) is 14.8. The molecule has 1 unspecified atom stereocenters. The van der Waals surface area contributed by atoms with Crippen LogP contribution in [0.3, 0.4) is 0 Å². The van der Waals surface area contributed by atoms with E-state index in [4.69, 9.17) is 18.9 Å². The normalized spacial score (nSPS) is 16.4. The highest BCUT2D eigenvalue weighted by Crippen LogP contribution is 2.42. The van der Waals surface area contributed by atoms with Crippen molar-refractivity contribution in [3.63, 3.8) is 0 Å². The van der Waals surface area contributed by atoms with E-state index in [0.29, 0.717) is 18.1 Å². The number of methoxy groups -OCH3 is 4. The van der Waals surface area contributed by atoms with Crippen LogP contribution < -0.4 is 24.3 Å². The zero-order valence-electron chi connectivity index (χ0n) is 20.4. The van der Waals surface area contributed by atoms with Crippen molar-refractivity contribution in [2.24, 2.45) is 0 Å². The van der Waals surface area contributed by atoms with Gasteiger partial charge in [0.05, 0.1) is 34.9 Å². The maximum Gasteiger partial charge on any atom is 0.227 e. The topological polar surface area (TPSA) is 69.3 Å². The summed E-state index contributed by atoms with van der Waals surface area (Å²) < 4.78 is 21.7. The second-order valence-electron chi connectivity index (χ2n) is 8.65. The number of carbonyl (C=O) groups is 1. The van der Waals surface area contributed by atoms with Crippen LogP contribution in [-0.4, -0.2) is 65.4 Å². The summed E-state index contributed by atoms with van der Waals surface area (Å²) in [5.74, 6) is 3.65. The Bertz CT molecular complexity index is 1010. The third kappa shape index (κ3) is 5.36. The summed E-state index contributed by atoms with van der Waals surface area (Å²) >= 11 is 0. The standard InChI is InChI=1S/C26H34N2O5.ClH/c1-30-22-11-17-6-9-28(26(29)14-18(17)12-23(22)31-2)8-5-7-27-16-20-10-19-13-24(32-3)25(33-4)15-21(19)20;/h11-13,15,20,27H,5-10,14,16H2,1-4H3;1H. The van der Waals surface area contributed by atoms with Gasteiger partial charge in [0.15, 0.2) is 23.0 Å². The molecule has 2 aliphatic rings. The van der Waals surface area contributed by atoms with E-state index in [-0.39, 0.29) is 18.3 Å². The Balaban J connectivity index is 0.00000324. The lowest BCUT2D eigenvalue weighted by atomic mass is 9.77. The number of amides is 1. The molecule has 1 aliphatic heterocycles. The molecule has 0 spiro atoms. The minimum absolute atomic E-state index is 0. The Kier molecular flexibility index (Phi) is 8.91. The fourth-order valence-corrected chi connectivity index (χ4v) is 4.84. The average Bonchev–Trinajstić information content (AvgIpc) is 2.97. The van der Waals surface area contributed by atoms with Gasteiger partial charge in [-0.3, -0.25) is 4.79 Å². The van der Waals surface area contributed by atoms with Crippen molar-refractivity contribution in [1.82, 2.24) is 10.2 Å². The fourth-order valence-electron chi connectivity index (χ4n) is 4.84. The molecule has 0 fully saturated rings. The molecule has 1 atom stereocenters. The maximum absolute atomic E-state index is 12.8. The minimum Gasteiger partial charge on any atom is -0.493 e. The zero-order chi connectivity index (χ0) is 23.4.